The lowest BCUT2D eigenvalue weighted by Gasteiger charge is -2.10. The smallest absolute Gasteiger partial charge is 0.326 e. The van der Waals surface area contributed by atoms with Crippen molar-refractivity contribution in [2.75, 3.05) is 6.61 Å². The van der Waals surface area contributed by atoms with E-state index in [-0.39, 0.29) is 0 Å². The first-order valence-electron chi connectivity index (χ1n) is 2.04. The van der Waals surface area contributed by atoms with Crippen molar-refractivity contribution < 1.29 is 15.0 Å². The third-order valence-electron chi connectivity index (χ3n) is 0.694. The SMILES string of the molecule is O=C(O)[C@H](CO)N(Cl)Cl. The highest BCUT2D eigenvalue weighted by atomic mass is 35.5. The molecule has 0 aliphatic carbocycles. The molecule has 2 N–H and O–H groups in total. The Morgan fingerprint density at radius 2 is 2.11 bits per heavy atom. The maximum Gasteiger partial charge on any atom is 0.326 e. The molecule has 0 saturated heterocycles. The molecule has 1 atom stereocenters. The Bertz CT molecular complexity index is 107. The van der Waals surface area contributed by atoms with Crippen molar-refractivity contribution >= 4 is 29.5 Å². The minimum absolute atomic E-state index is 0.391. The quantitative estimate of drug-likeness (QED) is 0.593. The topological polar surface area (TPSA) is 60.8 Å². The molecule has 0 aliphatic heterocycles. The van der Waals surface area contributed by atoms with Gasteiger partial charge in [-0.05, 0) is 23.6 Å². The van der Waals surface area contributed by atoms with Crippen LogP contribution >= 0.6 is 23.6 Å². The highest BCUT2D eigenvalue weighted by molar-refractivity contribution is 6.34. The number of carbonyl (C=O) groups is 1. The number of hydrogen-bond acceptors (Lipinski definition) is 3. The first-order chi connectivity index (χ1) is 4.09. The fraction of sp³-hybridized carbons (Fsp3) is 0.667. The van der Waals surface area contributed by atoms with Crippen molar-refractivity contribution in [2.45, 2.75) is 6.04 Å². The van der Waals surface area contributed by atoms with Gasteiger partial charge in [-0.15, -0.1) is 3.94 Å². The summed E-state index contributed by atoms with van der Waals surface area (Å²) in [6.07, 6.45) is 0. The Balaban J connectivity index is 3.83. The van der Waals surface area contributed by atoms with Crippen LogP contribution < -0.4 is 0 Å². The number of nitrogens with zero attached hydrogens (tertiary/aromatic N) is 1. The van der Waals surface area contributed by atoms with Crippen molar-refractivity contribution in [1.82, 2.24) is 3.94 Å². The molecule has 0 spiro atoms. The summed E-state index contributed by atoms with van der Waals surface area (Å²) in [7, 11) is 0. The molecule has 54 valence electrons. The lowest BCUT2D eigenvalue weighted by atomic mass is 10.3. The Labute approximate surface area is 61.8 Å². The molecule has 0 aromatic heterocycles. The summed E-state index contributed by atoms with van der Waals surface area (Å²) in [5.74, 6) is -1.26. The lowest BCUT2D eigenvalue weighted by molar-refractivity contribution is -0.141. The average Bonchev–Trinajstić information content (AvgIpc) is 1.64. The van der Waals surface area contributed by atoms with Gasteiger partial charge in [-0.2, -0.15) is 0 Å². The van der Waals surface area contributed by atoms with Crippen LogP contribution in [0, 0.1) is 0 Å². The summed E-state index contributed by atoms with van der Waals surface area (Å²) in [6, 6.07) is -1.24. The average molecular weight is 174 g/mol. The predicted molar refractivity (Wildman–Crippen MR) is 32.1 cm³/mol. The van der Waals surface area contributed by atoms with Crippen molar-refractivity contribution in [1.29, 1.82) is 0 Å². The number of carboxylic acid groups (broad SMARTS) is 1. The molecule has 0 bridgehead atoms. The fourth-order valence-corrected chi connectivity index (χ4v) is 0.514. The van der Waals surface area contributed by atoms with Crippen LogP contribution in [0.4, 0.5) is 0 Å². The Hall–Kier alpha value is -0.0300. The minimum atomic E-state index is -1.26. The van der Waals surface area contributed by atoms with E-state index in [4.69, 9.17) is 33.8 Å². The summed E-state index contributed by atoms with van der Waals surface area (Å²) < 4.78 is 0.391. The molecular formula is C3H5Cl2NO3. The molecule has 0 saturated carbocycles. The molecule has 0 heterocycles. The van der Waals surface area contributed by atoms with E-state index in [0.29, 0.717) is 3.94 Å². The monoisotopic (exact) mass is 173 g/mol. The van der Waals surface area contributed by atoms with E-state index < -0.39 is 18.6 Å². The van der Waals surface area contributed by atoms with Gasteiger partial charge in [-0.1, -0.05) is 0 Å². The number of aliphatic carboxylic acids is 1. The number of aliphatic hydroxyl groups excluding tert-OH is 1. The molecule has 6 heteroatoms. The van der Waals surface area contributed by atoms with Crippen LogP contribution in [0.15, 0.2) is 0 Å². The van der Waals surface area contributed by atoms with E-state index in [1.54, 1.807) is 0 Å². The van der Waals surface area contributed by atoms with Crippen molar-refractivity contribution in [3.8, 4) is 0 Å². The molecule has 0 fully saturated rings. The molecule has 0 rings (SSSR count). The van der Waals surface area contributed by atoms with E-state index in [0.717, 1.165) is 0 Å². The summed E-state index contributed by atoms with van der Waals surface area (Å²) in [5.41, 5.74) is 0. The Morgan fingerprint density at radius 3 is 2.11 bits per heavy atom. The van der Waals surface area contributed by atoms with Crippen LogP contribution in [0.3, 0.4) is 0 Å². The van der Waals surface area contributed by atoms with Crippen molar-refractivity contribution in [3.05, 3.63) is 0 Å². The van der Waals surface area contributed by atoms with Gasteiger partial charge in [0, 0.05) is 0 Å². The Kier molecular flexibility index (Phi) is 3.88. The van der Waals surface area contributed by atoms with Gasteiger partial charge in [-0.25, -0.2) is 0 Å². The van der Waals surface area contributed by atoms with Crippen LogP contribution in [0.5, 0.6) is 0 Å². The molecular weight excluding hydrogens is 169 g/mol. The van der Waals surface area contributed by atoms with Crippen LogP contribution in [-0.4, -0.2) is 32.8 Å². The van der Waals surface area contributed by atoms with E-state index in [9.17, 15) is 4.79 Å². The summed E-state index contributed by atoms with van der Waals surface area (Å²) in [4.78, 5) is 10.0. The van der Waals surface area contributed by atoms with Crippen molar-refractivity contribution in [3.63, 3.8) is 0 Å². The first kappa shape index (κ1) is 8.97. The van der Waals surface area contributed by atoms with E-state index >= 15 is 0 Å². The number of hydrogen-bond donors (Lipinski definition) is 2. The Morgan fingerprint density at radius 1 is 1.67 bits per heavy atom. The second-order valence-corrected chi connectivity index (χ2v) is 2.20. The van der Waals surface area contributed by atoms with Crippen LogP contribution in [0.25, 0.3) is 0 Å². The highest BCUT2D eigenvalue weighted by Gasteiger charge is 2.21. The molecule has 4 nitrogen and oxygen atoms in total. The number of aliphatic hydroxyl groups is 1. The van der Waals surface area contributed by atoms with Crippen LogP contribution in [0.2, 0.25) is 0 Å². The fourth-order valence-electron chi connectivity index (χ4n) is 0.223. The summed E-state index contributed by atoms with van der Waals surface area (Å²) >= 11 is 9.99. The molecule has 0 amide bonds. The lowest BCUT2D eigenvalue weighted by Crippen LogP contribution is -2.32. The molecule has 0 aromatic rings. The number of halogens is 2. The maximum atomic E-state index is 10.0. The van der Waals surface area contributed by atoms with Gasteiger partial charge in [0.1, 0.15) is 0 Å². The van der Waals surface area contributed by atoms with Gasteiger partial charge in [0.05, 0.1) is 6.61 Å². The molecule has 0 radical (unpaired) electrons. The third kappa shape index (κ3) is 2.86. The van der Waals surface area contributed by atoms with E-state index in [1.165, 1.54) is 0 Å². The zero-order valence-electron chi connectivity index (χ0n) is 4.29. The van der Waals surface area contributed by atoms with E-state index in [1.807, 2.05) is 0 Å². The van der Waals surface area contributed by atoms with Gasteiger partial charge in [0.25, 0.3) is 0 Å². The normalized spacial score (nSPS) is 13.8. The second-order valence-electron chi connectivity index (χ2n) is 1.30. The molecule has 0 unspecified atom stereocenters. The first-order valence-corrected chi connectivity index (χ1v) is 2.71. The minimum Gasteiger partial charge on any atom is -0.480 e. The maximum absolute atomic E-state index is 10.0. The number of rotatable bonds is 3. The summed E-state index contributed by atoms with van der Waals surface area (Å²) in [6.45, 7) is -0.609. The third-order valence-corrected chi connectivity index (χ3v) is 1.16. The second kappa shape index (κ2) is 3.90. The predicted octanol–water partition coefficient (Wildman–Crippen LogP) is 0.0415. The summed E-state index contributed by atoms with van der Waals surface area (Å²) in [5, 5.41) is 16.4. The van der Waals surface area contributed by atoms with Crippen LogP contribution in [-0.2, 0) is 4.79 Å². The highest BCUT2D eigenvalue weighted by Crippen LogP contribution is 2.05. The standard InChI is InChI=1S/C3H5Cl2NO3/c4-6(5)2(1-7)3(8)9/h2,7H,1H2,(H,8,9)/t2-/m0/s1. The molecule has 9 heavy (non-hydrogen) atoms. The molecule has 0 aromatic carbocycles. The zero-order chi connectivity index (χ0) is 7.44. The number of carboxylic acids is 1. The van der Waals surface area contributed by atoms with Gasteiger partial charge in [-0.3, -0.25) is 4.79 Å². The van der Waals surface area contributed by atoms with Gasteiger partial charge in [0.15, 0.2) is 6.04 Å². The largest absolute Gasteiger partial charge is 0.480 e. The van der Waals surface area contributed by atoms with Gasteiger partial charge < -0.3 is 10.2 Å². The van der Waals surface area contributed by atoms with Gasteiger partial charge >= 0.3 is 5.97 Å². The van der Waals surface area contributed by atoms with Crippen molar-refractivity contribution in [2.24, 2.45) is 0 Å². The molecule has 0 aliphatic rings. The zero-order valence-corrected chi connectivity index (χ0v) is 5.80. The van der Waals surface area contributed by atoms with E-state index in [2.05, 4.69) is 0 Å². The van der Waals surface area contributed by atoms with Crippen LogP contribution in [0.1, 0.15) is 0 Å². The van der Waals surface area contributed by atoms with Gasteiger partial charge in [0.2, 0.25) is 0 Å².